The van der Waals surface area contributed by atoms with E-state index in [1.807, 2.05) is 61.6 Å². The van der Waals surface area contributed by atoms with Gasteiger partial charge in [0, 0.05) is 47.2 Å². The van der Waals surface area contributed by atoms with Crippen molar-refractivity contribution in [3.05, 3.63) is 97.2 Å². The first-order chi connectivity index (χ1) is 34.7. The summed E-state index contributed by atoms with van der Waals surface area (Å²) in [5.41, 5.74) is 5.11. The number of rotatable bonds is 20. The second-order valence-corrected chi connectivity index (χ2v) is 21.4. The number of unbranched alkanes of at least 4 members (excludes halogenated alkanes) is 3. The van der Waals surface area contributed by atoms with Crippen LogP contribution in [0.3, 0.4) is 0 Å². The lowest BCUT2D eigenvalue weighted by molar-refractivity contribution is -0.116. The summed E-state index contributed by atoms with van der Waals surface area (Å²) in [5, 5.41) is 9.43. The lowest BCUT2D eigenvalue weighted by atomic mass is 9.71. The number of carbonyl (C=O) groups excluding carboxylic acids is 1. The summed E-state index contributed by atoms with van der Waals surface area (Å²) in [6, 6.07) is 8.59. The molecule has 1 aliphatic rings. The van der Waals surface area contributed by atoms with Gasteiger partial charge in [-0.15, -0.1) is 0 Å². The van der Waals surface area contributed by atoms with Crippen LogP contribution < -0.4 is 16.8 Å². The van der Waals surface area contributed by atoms with Gasteiger partial charge in [0.2, 0.25) is 5.92 Å². The van der Waals surface area contributed by atoms with Crippen molar-refractivity contribution in [1.82, 2.24) is 20.0 Å². The molecule has 0 bridgehead atoms. The maximum atomic E-state index is 14.7. The second kappa shape index (κ2) is 33.9. The number of hydrogen-bond acceptors (Lipinski definition) is 8. The molecule has 9 nitrogen and oxygen atoms in total. The molecule has 4 N–H and O–H groups in total. The fourth-order valence-electron chi connectivity index (χ4n) is 8.78. The predicted octanol–water partition coefficient (Wildman–Crippen LogP) is 16.0. The van der Waals surface area contributed by atoms with E-state index < -0.39 is 28.9 Å². The van der Waals surface area contributed by atoms with Gasteiger partial charge in [0.25, 0.3) is 5.56 Å². The molecule has 74 heavy (non-hydrogen) atoms. The molecule has 1 aliphatic carbocycles. The normalized spacial score (nSPS) is 15.1. The number of carbonyl (C=O) groups is 1. The van der Waals surface area contributed by atoms with Gasteiger partial charge < -0.3 is 10.1 Å². The number of halogens is 5. The molecule has 0 spiro atoms. The molecule has 0 saturated heterocycles. The summed E-state index contributed by atoms with van der Waals surface area (Å²) in [4.78, 5) is 34.6. The van der Waals surface area contributed by atoms with Crippen LogP contribution in [0, 0.1) is 42.7 Å². The average Bonchev–Trinajstić information content (AvgIpc) is 3.31. The molecule has 1 saturated carbocycles. The molecule has 4 aromatic rings. The van der Waals surface area contributed by atoms with Gasteiger partial charge in [-0.2, -0.15) is 0 Å². The highest BCUT2D eigenvalue weighted by molar-refractivity contribution is 6.34. The third-order valence-electron chi connectivity index (χ3n) is 13.5. The number of hydrogen-bond donors (Lipinski definition) is 3. The first kappa shape index (κ1) is 68.0. The predicted molar refractivity (Wildman–Crippen MR) is 304 cm³/mol. The molecular formula is C59H93BClF4N6O3. The van der Waals surface area contributed by atoms with Gasteiger partial charge in [-0.3, -0.25) is 25.4 Å². The molecule has 0 amide bonds. The van der Waals surface area contributed by atoms with Crippen LogP contribution in [0.1, 0.15) is 206 Å². The standard InChI is InChI=1S/C37H41ClF4N4O.C11H24O.C6H14.C3H8N2O.C2H6B/c1-7-8-28(43)32-22(5)29(10-9-27(32)38)46-34(26(20(2)3)18-23-16-24(39)19-25(40)17-23)45-33-31(35(46)47)21(4)15-30(44-33)36(6)11-13-37(41,42)14-12-36;1-6-9(3)8-11(5)12-10(4)7-2;1-3-5-6-4-2;1-3(6)2-5-4;1-3-2/h9-10,15-17,19-20,26,43H,7-8,11-14,18H2,1-6H3;9-11H,6-8H2,1-5H3;3-6H2,1-2H3;5H,2,4H2,1H3;1-2H3. The van der Waals surface area contributed by atoms with Crippen molar-refractivity contribution in [3.63, 3.8) is 0 Å². The minimum absolute atomic E-state index is 0.0532. The monoisotopic (exact) mass is 1060 g/mol. The Morgan fingerprint density at radius 1 is 0.892 bits per heavy atom. The summed E-state index contributed by atoms with van der Waals surface area (Å²) in [6.45, 7) is 32.6. The second-order valence-electron chi connectivity index (χ2n) is 21.0. The van der Waals surface area contributed by atoms with Gasteiger partial charge in [0.15, 0.2) is 5.65 Å². The van der Waals surface area contributed by atoms with Gasteiger partial charge in [-0.05, 0) is 132 Å². The Morgan fingerprint density at radius 3 is 1.92 bits per heavy atom. The molecule has 2 aromatic heterocycles. The van der Waals surface area contributed by atoms with Crippen LogP contribution in [-0.2, 0) is 21.4 Å². The fourth-order valence-corrected chi connectivity index (χ4v) is 9.10. The van der Waals surface area contributed by atoms with E-state index in [0.29, 0.717) is 74.2 Å². The molecule has 5 rings (SSSR count). The van der Waals surface area contributed by atoms with E-state index in [9.17, 15) is 27.2 Å². The summed E-state index contributed by atoms with van der Waals surface area (Å²) < 4.78 is 64.2. The van der Waals surface area contributed by atoms with Gasteiger partial charge in [0.1, 0.15) is 30.5 Å². The van der Waals surface area contributed by atoms with E-state index in [0.717, 1.165) is 24.8 Å². The van der Waals surface area contributed by atoms with E-state index in [1.54, 1.807) is 19.1 Å². The fraction of sp³-hybridized carbons (Fsp3) is 0.644. The van der Waals surface area contributed by atoms with Crippen LogP contribution in [0.25, 0.3) is 16.7 Å². The highest BCUT2D eigenvalue weighted by Crippen LogP contribution is 2.45. The number of aromatic nitrogens is 3. The number of alkyl halides is 2. The SMILES string of the molecule is CC(=O)CNN.CCC(C)CC(C)OC(C)CC.CCCC(=N)c1c(Cl)ccc(-n2c(C(Cc3cc(F)cc(F)c3)C(C)C)nc3nc(C4(C)CCC(F)(F)CC4)cc(C)c3c2=O)c1C.CCCCCC.C[B]C. The zero-order valence-corrected chi connectivity index (χ0v) is 48.8. The van der Waals surface area contributed by atoms with Crippen LogP contribution in [-0.4, -0.2) is 58.0 Å². The number of fused-ring (bicyclic) bond motifs is 1. The molecular weight excluding hydrogens is 963 g/mol. The number of benzene rings is 2. The summed E-state index contributed by atoms with van der Waals surface area (Å²) in [6.07, 6.45) is 11.4. The number of nitrogens with two attached hydrogens (primary N) is 1. The van der Waals surface area contributed by atoms with Crippen molar-refractivity contribution in [1.29, 1.82) is 5.41 Å². The molecule has 0 aliphatic heterocycles. The van der Waals surface area contributed by atoms with Crippen molar-refractivity contribution in [3.8, 4) is 5.69 Å². The Kier molecular flexibility index (Phi) is 31.2. The Hall–Kier alpha value is -3.98. The van der Waals surface area contributed by atoms with Crippen molar-refractivity contribution >= 4 is 41.4 Å². The Labute approximate surface area is 449 Å². The van der Waals surface area contributed by atoms with Crippen LogP contribution in [0.2, 0.25) is 18.7 Å². The van der Waals surface area contributed by atoms with E-state index in [4.69, 9.17) is 37.6 Å². The maximum Gasteiger partial charge on any atom is 0.267 e. The number of ketones is 1. The van der Waals surface area contributed by atoms with Gasteiger partial charge in [0.05, 0.1) is 34.8 Å². The smallest absolute Gasteiger partial charge is 0.267 e. The lowest BCUT2D eigenvalue weighted by Crippen LogP contribution is -2.35. The number of nitrogens with zero attached hydrogens (tertiary/aromatic N) is 3. The van der Waals surface area contributed by atoms with Crippen LogP contribution >= 0.6 is 11.6 Å². The Morgan fingerprint density at radius 2 is 1.46 bits per heavy atom. The zero-order chi connectivity index (χ0) is 56.5. The highest BCUT2D eigenvalue weighted by atomic mass is 35.5. The van der Waals surface area contributed by atoms with E-state index in [1.165, 1.54) is 62.1 Å². The number of ether oxygens (including phenoxy) is 1. The quantitative estimate of drug-likeness (QED) is 0.0200. The minimum Gasteiger partial charge on any atom is -0.376 e. The molecule has 415 valence electrons. The van der Waals surface area contributed by atoms with Crippen LogP contribution in [0.5, 0.6) is 0 Å². The van der Waals surface area contributed by atoms with Crippen LogP contribution in [0.4, 0.5) is 17.6 Å². The number of nitrogens with one attached hydrogen (secondary N) is 2. The number of hydrazine groups is 1. The first-order valence-electron chi connectivity index (χ1n) is 27.2. The summed E-state index contributed by atoms with van der Waals surface area (Å²) >= 11 is 6.62. The third-order valence-corrected chi connectivity index (χ3v) is 13.8. The largest absolute Gasteiger partial charge is 0.376 e. The molecule has 1 fully saturated rings. The summed E-state index contributed by atoms with van der Waals surface area (Å²) in [5.74, 6) is 1.22. The van der Waals surface area contributed by atoms with E-state index in [-0.39, 0.29) is 61.6 Å². The molecule has 4 unspecified atom stereocenters. The third kappa shape index (κ3) is 21.9. The molecule has 2 heterocycles. The lowest BCUT2D eigenvalue weighted by Gasteiger charge is -2.37. The number of aryl methyl sites for hydroxylation is 1. The van der Waals surface area contributed by atoms with E-state index >= 15 is 0 Å². The van der Waals surface area contributed by atoms with Gasteiger partial charge in [-0.25, -0.2) is 27.5 Å². The first-order valence-corrected chi connectivity index (χ1v) is 27.6. The minimum atomic E-state index is -2.71. The highest BCUT2D eigenvalue weighted by Gasteiger charge is 2.43. The van der Waals surface area contributed by atoms with Crippen molar-refractivity contribution in [2.45, 2.75) is 230 Å². The van der Waals surface area contributed by atoms with Crippen molar-refractivity contribution in [2.75, 3.05) is 6.54 Å². The maximum absolute atomic E-state index is 14.7. The van der Waals surface area contributed by atoms with Crippen LogP contribution in [0.15, 0.2) is 41.2 Å². The number of pyridine rings is 1. The average molecular weight is 1060 g/mol. The zero-order valence-electron chi connectivity index (χ0n) is 48.1. The Balaban J connectivity index is 0.000000829. The molecule has 4 atom stereocenters. The van der Waals surface area contributed by atoms with Gasteiger partial charge in [-0.1, -0.05) is 126 Å². The molecule has 2 aromatic carbocycles. The Bertz CT molecular complexity index is 2350. The molecule has 15 heteroatoms. The van der Waals surface area contributed by atoms with E-state index in [2.05, 4.69) is 53.9 Å². The van der Waals surface area contributed by atoms with Crippen molar-refractivity contribution < 1.29 is 27.1 Å². The topological polar surface area (TPSA) is 136 Å². The van der Waals surface area contributed by atoms with Gasteiger partial charge >= 0.3 is 0 Å². The number of Topliss-reactive ketones (excluding diaryl/α,β-unsaturated/α-hetero) is 1. The van der Waals surface area contributed by atoms with Crippen molar-refractivity contribution in [2.24, 2.45) is 17.7 Å². The molecule has 1 radical (unpaired) electrons. The summed E-state index contributed by atoms with van der Waals surface area (Å²) in [7, 11) is 2.00.